The fraction of sp³-hybridized carbons (Fsp3) is 0.364. The van der Waals surface area contributed by atoms with Gasteiger partial charge in [0.15, 0.2) is 0 Å². The molecule has 1 fully saturated rings. The van der Waals surface area contributed by atoms with Crippen LogP contribution in [0.1, 0.15) is 18.1 Å². The molecule has 2 rings (SSSR count). The molecule has 1 aromatic carbocycles. The monoisotopic (exact) mass is 304 g/mol. The maximum atomic E-state index is 11.0. The van der Waals surface area contributed by atoms with Gasteiger partial charge >= 0.3 is 5.97 Å². The Balaban J connectivity index is 2.29. The molecular formula is C11H10BrClO3. The van der Waals surface area contributed by atoms with E-state index in [1.807, 2.05) is 6.07 Å². The first-order valence-corrected chi connectivity index (χ1v) is 6.06. The highest BCUT2D eigenvalue weighted by Crippen LogP contribution is 2.37. The summed E-state index contributed by atoms with van der Waals surface area (Å²) < 4.78 is 6.22. The number of carboxylic acids is 1. The molecule has 86 valence electrons. The third kappa shape index (κ3) is 2.24. The van der Waals surface area contributed by atoms with Gasteiger partial charge in [-0.15, -0.1) is 0 Å². The number of carboxylic acid groups (broad SMARTS) is 1. The summed E-state index contributed by atoms with van der Waals surface area (Å²) >= 11 is 9.20. The molecule has 0 amide bonds. The number of benzene rings is 1. The van der Waals surface area contributed by atoms with Gasteiger partial charge in [-0.1, -0.05) is 17.7 Å². The van der Waals surface area contributed by atoms with Gasteiger partial charge in [0.2, 0.25) is 0 Å². The Hall–Kier alpha value is -0.580. The van der Waals surface area contributed by atoms with Crippen molar-refractivity contribution >= 4 is 33.5 Å². The predicted molar refractivity (Wildman–Crippen MR) is 63.6 cm³/mol. The molecule has 5 heteroatoms. The minimum absolute atomic E-state index is 0.369. The second-order valence-electron chi connectivity index (χ2n) is 3.70. The molecule has 0 aliphatic carbocycles. The van der Waals surface area contributed by atoms with Gasteiger partial charge in [0.1, 0.15) is 0 Å². The molecular weight excluding hydrogens is 295 g/mol. The number of halogens is 2. The maximum Gasteiger partial charge on any atom is 0.309 e. The third-order valence-electron chi connectivity index (χ3n) is 2.68. The molecule has 0 saturated carbocycles. The first-order chi connectivity index (χ1) is 7.59. The Morgan fingerprint density at radius 3 is 2.94 bits per heavy atom. The topological polar surface area (TPSA) is 46.5 Å². The summed E-state index contributed by atoms with van der Waals surface area (Å²) in [5, 5.41) is 9.66. The zero-order valence-corrected chi connectivity index (χ0v) is 10.7. The summed E-state index contributed by atoms with van der Waals surface area (Å²) in [6, 6.07) is 5.36. The Morgan fingerprint density at radius 2 is 2.31 bits per heavy atom. The number of hydrogen-bond acceptors (Lipinski definition) is 2. The lowest BCUT2D eigenvalue weighted by Gasteiger charge is -2.15. The van der Waals surface area contributed by atoms with Crippen molar-refractivity contribution in [1.29, 1.82) is 0 Å². The molecule has 0 radical (unpaired) electrons. The minimum atomic E-state index is -0.812. The maximum absolute atomic E-state index is 11.0. The zero-order chi connectivity index (χ0) is 11.7. The van der Waals surface area contributed by atoms with Crippen LogP contribution in [-0.2, 0) is 9.53 Å². The fourth-order valence-corrected chi connectivity index (χ4v) is 2.37. The molecule has 1 heterocycles. The van der Waals surface area contributed by atoms with Gasteiger partial charge in [0.05, 0.1) is 17.0 Å². The molecule has 1 aromatic rings. The molecule has 3 nitrogen and oxygen atoms in total. The van der Waals surface area contributed by atoms with Crippen molar-refractivity contribution in [3.05, 3.63) is 33.3 Å². The highest BCUT2D eigenvalue weighted by atomic mass is 79.9. The van der Waals surface area contributed by atoms with Crippen molar-refractivity contribution in [2.45, 2.75) is 12.5 Å². The molecule has 1 N–H and O–H groups in total. The summed E-state index contributed by atoms with van der Waals surface area (Å²) in [6.07, 6.45) is 0.186. The van der Waals surface area contributed by atoms with Crippen LogP contribution in [0.2, 0.25) is 5.02 Å². The summed E-state index contributed by atoms with van der Waals surface area (Å²) in [4.78, 5) is 11.0. The second kappa shape index (κ2) is 4.73. The molecule has 1 saturated heterocycles. The third-order valence-corrected chi connectivity index (χ3v) is 3.90. The van der Waals surface area contributed by atoms with Crippen LogP contribution in [0, 0.1) is 5.92 Å². The summed E-state index contributed by atoms with van der Waals surface area (Å²) in [7, 11) is 0. The lowest BCUT2D eigenvalue weighted by Crippen LogP contribution is -2.17. The van der Waals surface area contributed by atoms with Crippen molar-refractivity contribution in [2.24, 2.45) is 5.92 Å². The Labute approximate surface area is 106 Å². The van der Waals surface area contributed by atoms with Crippen LogP contribution in [0.3, 0.4) is 0 Å². The van der Waals surface area contributed by atoms with Crippen LogP contribution >= 0.6 is 27.5 Å². The fourth-order valence-electron chi connectivity index (χ4n) is 1.86. The van der Waals surface area contributed by atoms with E-state index in [9.17, 15) is 4.79 Å². The number of ether oxygens (including phenoxy) is 1. The van der Waals surface area contributed by atoms with Gasteiger partial charge in [0.25, 0.3) is 0 Å². The van der Waals surface area contributed by atoms with E-state index in [1.54, 1.807) is 12.1 Å². The molecule has 2 unspecified atom stereocenters. The number of carbonyl (C=O) groups is 1. The average Bonchev–Trinajstić information content (AvgIpc) is 2.71. The van der Waals surface area contributed by atoms with Crippen LogP contribution in [0.15, 0.2) is 22.7 Å². The van der Waals surface area contributed by atoms with Crippen molar-refractivity contribution in [3.8, 4) is 0 Å². The van der Waals surface area contributed by atoms with Gasteiger partial charge in [-0.05, 0) is 40.0 Å². The van der Waals surface area contributed by atoms with E-state index in [2.05, 4.69) is 15.9 Å². The van der Waals surface area contributed by atoms with E-state index in [4.69, 9.17) is 21.4 Å². The molecule has 16 heavy (non-hydrogen) atoms. The molecule has 0 spiro atoms. The van der Waals surface area contributed by atoms with E-state index >= 15 is 0 Å². The molecule has 0 aromatic heterocycles. The average molecular weight is 306 g/mol. The number of hydrogen-bond donors (Lipinski definition) is 1. The molecule has 1 aliphatic rings. The summed E-state index contributed by atoms with van der Waals surface area (Å²) in [6.45, 7) is 0.488. The van der Waals surface area contributed by atoms with Crippen LogP contribution in [0.25, 0.3) is 0 Å². The van der Waals surface area contributed by atoms with Gasteiger partial charge in [-0.2, -0.15) is 0 Å². The normalized spacial score (nSPS) is 24.6. The van der Waals surface area contributed by atoms with Crippen molar-refractivity contribution in [2.75, 3.05) is 6.61 Å². The first-order valence-electron chi connectivity index (χ1n) is 4.89. The smallest absolute Gasteiger partial charge is 0.309 e. The van der Waals surface area contributed by atoms with Gasteiger partial charge < -0.3 is 9.84 Å². The van der Waals surface area contributed by atoms with E-state index in [0.29, 0.717) is 18.1 Å². The lowest BCUT2D eigenvalue weighted by molar-refractivity contribution is -0.143. The molecule has 0 bridgehead atoms. The Bertz CT molecular complexity index is 422. The minimum Gasteiger partial charge on any atom is -0.481 e. The Morgan fingerprint density at radius 1 is 1.56 bits per heavy atom. The highest BCUT2D eigenvalue weighted by molar-refractivity contribution is 9.10. The lowest BCUT2D eigenvalue weighted by atomic mass is 9.96. The molecule has 1 aliphatic heterocycles. The Kier molecular flexibility index (Phi) is 3.52. The standard InChI is InChI=1S/C11H10BrClO3/c12-8-5-6(1-2-9(8)13)10-7(11(14)15)3-4-16-10/h1-2,5,7,10H,3-4H2,(H,14,15). The second-order valence-corrected chi connectivity index (χ2v) is 4.96. The zero-order valence-electron chi connectivity index (χ0n) is 8.32. The number of rotatable bonds is 2. The van der Waals surface area contributed by atoms with E-state index in [-0.39, 0.29) is 6.10 Å². The van der Waals surface area contributed by atoms with Crippen molar-refractivity contribution in [1.82, 2.24) is 0 Å². The van der Waals surface area contributed by atoms with Crippen molar-refractivity contribution in [3.63, 3.8) is 0 Å². The van der Waals surface area contributed by atoms with E-state index in [0.717, 1.165) is 10.0 Å². The van der Waals surface area contributed by atoms with E-state index in [1.165, 1.54) is 0 Å². The molecule has 2 atom stereocenters. The largest absolute Gasteiger partial charge is 0.481 e. The number of aliphatic carboxylic acids is 1. The summed E-state index contributed by atoms with van der Waals surface area (Å²) in [5.74, 6) is -1.28. The van der Waals surface area contributed by atoms with Gasteiger partial charge in [-0.25, -0.2) is 0 Å². The summed E-state index contributed by atoms with van der Waals surface area (Å²) in [5.41, 5.74) is 0.848. The van der Waals surface area contributed by atoms with Gasteiger partial charge in [0, 0.05) is 11.1 Å². The predicted octanol–water partition coefficient (Wildman–Crippen LogP) is 3.26. The highest BCUT2D eigenvalue weighted by Gasteiger charge is 2.35. The van der Waals surface area contributed by atoms with Crippen LogP contribution in [0.4, 0.5) is 0 Å². The van der Waals surface area contributed by atoms with Crippen LogP contribution < -0.4 is 0 Å². The van der Waals surface area contributed by atoms with Crippen LogP contribution in [0.5, 0.6) is 0 Å². The van der Waals surface area contributed by atoms with Crippen molar-refractivity contribution < 1.29 is 14.6 Å². The first kappa shape index (κ1) is 11.9. The quantitative estimate of drug-likeness (QED) is 0.912. The SMILES string of the molecule is O=C(O)C1CCOC1c1ccc(Cl)c(Br)c1. The van der Waals surface area contributed by atoms with E-state index < -0.39 is 11.9 Å². The van der Waals surface area contributed by atoms with Crippen LogP contribution in [-0.4, -0.2) is 17.7 Å². The van der Waals surface area contributed by atoms with Gasteiger partial charge in [-0.3, -0.25) is 4.79 Å².